The molecule has 0 aliphatic heterocycles. The molecule has 0 aliphatic rings. The van der Waals surface area contributed by atoms with Crippen LogP contribution in [0.5, 0.6) is 0 Å². The quantitative estimate of drug-likeness (QED) is 0.681. The van der Waals surface area contributed by atoms with Crippen LogP contribution in [0.2, 0.25) is 0 Å². The van der Waals surface area contributed by atoms with Crippen LogP contribution in [0.3, 0.4) is 0 Å². The molecule has 19 heavy (non-hydrogen) atoms. The second-order valence-corrected chi connectivity index (χ2v) is 6.55. The molecule has 1 aromatic heterocycles. The van der Waals surface area contributed by atoms with Crippen LogP contribution in [0.1, 0.15) is 13.8 Å². The van der Waals surface area contributed by atoms with Crippen molar-refractivity contribution in [1.29, 1.82) is 0 Å². The number of hydrogen-bond donors (Lipinski definition) is 2. The van der Waals surface area contributed by atoms with E-state index in [1.807, 2.05) is 13.8 Å². The van der Waals surface area contributed by atoms with E-state index in [-0.39, 0.29) is 17.9 Å². The Morgan fingerprint density at radius 2 is 2.05 bits per heavy atom. The van der Waals surface area contributed by atoms with Crippen molar-refractivity contribution in [2.45, 2.75) is 20.4 Å². The van der Waals surface area contributed by atoms with Crippen LogP contribution >= 0.6 is 0 Å². The highest BCUT2D eigenvalue weighted by molar-refractivity contribution is 7.88. The summed E-state index contributed by atoms with van der Waals surface area (Å²) in [4.78, 5) is 16.0. The molecular formula is C11H20N4O3S. The molecule has 0 aromatic carbocycles. The summed E-state index contributed by atoms with van der Waals surface area (Å²) in [6.45, 7) is 5.18. The number of hydrogen-bond acceptors (Lipinski definition) is 5. The lowest BCUT2D eigenvalue weighted by molar-refractivity contribution is 0.509. The van der Waals surface area contributed by atoms with Gasteiger partial charge in [-0.05, 0) is 5.92 Å². The fourth-order valence-corrected chi connectivity index (χ4v) is 2.00. The van der Waals surface area contributed by atoms with E-state index in [2.05, 4.69) is 15.0 Å². The van der Waals surface area contributed by atoms with Gasteiger partial charge < -0.3 is 9.88 Å². The Balaban J connectivity index is 2.62. The van der Waals surface area contributed by atoms with Crippen LogP contribution in [0.15, 0.2) is 17.2 Å². The molecule has 0 spiro atoms. The Hall–Kier alpha value is -1.41. The first-order valence-corrected chi connectivity index (χ1v) is 7.92. The monoisotopic (exact) mass is 288 g/mol. The third-order valence-electron chi connectivity index (χ3n) is 2.26. The van der Waals surface area contributed by atoms with Gasteiger partial charge in [-0.2, -0.15) is 0 Å². The van der Waals surface area contributed by atoms with Crippen LogP contribution < -0.4 is 15.6 Å². The van der Waals surface area contributed by atoms with E-state index in [9.17, 15) is 13.2 Å². The summed E-state index contributed by atoms with van der Waals surface area (Å²) in [5, 5.41) is 2.83. The molecule has 0 bridgehead atoms. The smallest absolute Gasteiger partial charge is 0.293 e. The summed E-state index contributed by atoms with van der Waals surface area (Å²) in [6, 6.07) is 0. The van der Waals surface area contributed by atoms with E-state index in [4.69, 9.17) is 0 Å². The maximum atomic E-state index is 12.0. The van der Waals surface area contributed by atoms with E-state index in [0.29, 0.717) is 19.0 Å². The van der Waals surface area contributed by atoms with E-state index >= 15 is 0 Å². The molecule has 0 fully saturated rings. The van der Waals surface area contributed by atoms with E-state index in [1.54, 1.807) is 17.0 Å². The molecule has 2 N–H and O–H groups in total. The van der Waals surface area contributed by atoms with Gasteiger partial charge in [-0.25, -0.2) is 18.1 Å². The molecule has 0 amide bonds. The van der Waals surface area contributed by atoms with Crippen molar-refractivity contribution in [3.63, 3.8) is 0 Å². The van der Waals surface area contributed by atoms with Gasteiger partial charge in [0.05, 0.1) is 6.26 Å². The highest BCUT2D eigenvalue weighted by Gasteiger charge is 2.06. The van der Waals surface area contributed by atoms with E-state index in [0.717, 1.165) is 6.26 Å². The standard InChI is InChI=1S/C11H20N4O3S/c1-9(2)8-15-7-6-13-10(11(15)16)12-4-5-14-19(3,17)18/h6-7,9,14H,4-5,8H2,1-3H3,(H,12,13). The SMILES string of the molecule is CC(C)Cn1ccnc(NCCNS(C)(=O)=O)c1=O. The van der Waals surface area contributed by atoms with Crippen molar-refractivity contribution < 1.29 is 8.42 Å². The fraction of sp³-hybridized carbons (Fsp3) is 0.636. The Labute approximate surface area is 113 Å². The third kappa shape index (κ3) is 5.84. The van der Waals surface area contributed by atoms with Gasteiger partial charge in [0.1, 0.15) is 0 Å². The van der Waals surface area contributed by atoms with Gasteiger partial charge in [-0.3, -0.25) is 4.79 Å². The molecule has 0 saturated heterocycles. The molecule has 0 saturated carbocycles. The van der Waals surface area contributed by atoms with Crippen LogP contribution in [-0.2, 0) is 16.6 Å². The van der Waals surface area contributed by atoms with E-state index < -0.39 is 10.0 Å². The van der Waals surface area contributed by atoms with Crippen molar-refractivity contribution in [3.05, 3.63) is 22.7 Å². The maximum absolute atomic E-state index is 12.0. The van der Waals surface area contributed by atoms with Gasteiger partial charge in [-0.1, -0.05) is 13.8 Å². The first-order chi connectivity index (χ1) is 8.79. The summed E-state index contributed by atoms with van der Waals surface area (Å²) in [5.41, 5.74) is -0.199. The van der Waals surface area contributed by atoms with Crippen molar-refractivity contribution >= 4 is 15.8 Å². The van der Waals surface area contributed by atoms with Crippen LogP contribution in [0, 0.1) is 5.92 Å². The van der Waals surface area contributed by atoms with Crippen LogP contribution in [0.4, 0.5) is 5.82 Å². The molecule has 1 aromatic rings. The lowest BCUT2D eigenvalue weighted by Gasteiger charge is -2.10. The van der Waals surface area contributed by atoms with Crippen molar-refractivity contribution in [1.82, 2.24) is 14.3 Å². The minimum Gasteiger partial charge on any atom is -0.364 e. The molecule has 7 nitrogen and oxygen atoms in total. The first kappa shape index (κ1) is 15.6. The average molecular weight is 288 g/mol. The van der Waals surface area contributed by atoms with Gasteiger partial charge in [0.15, 0.2) is 5.82 Å². The predicted molar refractivity (Wildman–Crippen MR) is 74.7 cm³/mol. The summed E-state index contributed by atoms with van der Waals surface area (Å²) < 4.78 is 25.6. The molecule has 0 radical (unpaired) electrons. The molecule has 0 unspecified atom stereocenters. The fourth-order valence-electron chi connectivity index (χ4n) is 1.52. The summed E-state index contributed by atoms with van der Waals surface area (Å²) in [7, 11) is -3.21. The highest BCUT2D eigenvalue weighted by atomic mass is 32.2. The van der Waals surface area contributed by atoms with Gasteiger partial charge >= 0.3 is 0 Å². The zero-order valence-corrected chi connectivity index (χ0v) is 12.2. The zero-order chi connectivity index (χ0) is 14.5. The largest absolute Gasteiger partial charge is 0.364 e. The summed E-state index contributed by atoms with van der Waals surface area (Å²) >= 11 is 0. The number of rotatable bonds is 7. The van der Waals surface area contributed by atoms with Gasteiger partial charge in [0.25, 0.3) is 5.56 Å². The predicted octanol–water partition coefficient (Wildman–Crippen LogP) is -0.140. The number of nitrogens with zero attached hydrogens (tertiary/aromatic N) is 2. The molecule has 108 valence electrons. The molecule has 1 heterocycles. The van der Waals surface area contributed by atoms with Crippen LogP contribution in [-0.4, -0.2) is 37.3 Å². The number of nitrogens with one attached hydrogen (secondary N) is 2. The minimum absolute atomic E-state index is 0.199. The van der Waals surface area contributed by atoms with E-state index in [1.165, 1.54) is 0 Å². The Bertz CT molecular complexity index is 566. The average Bonchev–Trinajstić information content (AvgIpc) is 2.27. The topological polar surface area (TPSA) is 93.1 Å². The second-order valence-electron chi connectivity index (χ2n) is 4.72. The Morgan fingerprint density at radius 3 is 2.63 bits per heavy atom. The number of anilines is 1. The molecular weight excluding hydrogens is 268 g/mol. The third-order valence-corrected chi connectivity index (χ3v) is 2.99. The van der Waals surface area contributed by atoms with Gasteiger partial charge in [0.2, 0.25) is 10.0 Å². The number of aromatic nitrogens is 2. The number of sulfonamides is 1. The van der Waals surface area contributed by atoms with Crippen LogP contribution in [0.25, 0.3) is 0 Å². The van der Waals surface area contributed by atoms with Crippen molar-refractivity contribution in [3.8, 4) is 0 Å². The first-order valence-electron chi connectivity index (χ1n) is 6.03. The lowest BCUT2D eigenvalue weighted by Crippen LogP contribution is -2.31. The van der Waals surface area contributed by atoms with Gasteiger partial charge in [0, 0.05) is 32.0 Å². The Kier molecular flexibility index (Phi) is 5.49. The summed E-state index contributed by atoms with van der Waals surface area (Å²) in [5.74, 6) is 0.596. The Morgan fingerprint density at radius 1 is 1.37 bits per heavy atom. The lowest BCUT2D eigenvalue weighted by atomic mass is 10.2. The second kappa shape index (κ2) is 6.67. The minimum atomic E-state index is -3.21. The molecule has 0 aliphatic carbocycles. The highest BCUT2D eigenvalue weighted by Crippen LogP contribution is 1.98. The molecule has 0 atom stereocenters. The van der Waals surface area contributed by atoms with Crippen molar-refractivity contribution in [2.75, 3.05) is 24.7 Å². The zero-order valence-electron chi connectivity index (χ0n) is 11.4. The molecule has 1 rings (SSSR count). The maximum Gasteiger partial charge on any atom is 0.293 e. The normalized spacial score (nSPS) is 11.8. The van der Waals surface area contributed by atoms with Gasteiger partial charge in [-0.15, -0.1) is 0 Å². The van der Waals surface area contributed by atoms with Crippen molar-refractivity contribution in [2.24, 2.45) is 5.92 Å². The molecule has 8 heteroatoms. The summed E-state index contributed by atoms with van der Waals surface area (Å²) in [6.07, 6.45) is 4.28.